The molecular formula is C22H15NO3S2. The van der Waals surface area contributed by atoms with Crippen molar-refractivity contribution < 1.29 is 14.3 Å². The topological polar surface area (TPSA) is 46.6 Å². The number of anilines is 1. The fourth-order valence-corrected chi connectivity index (χ4v) is 4.36. The lowest BCUT2D eigenvalue weighted by Gasteiger charge is -2.14. The SMILES string of the molecule is COC(=O)c1ccc(N2C(=O)/C(=C/c3cccc4ccccc34)SC2=S)cc1. The van der Waals surface area contributed by atoms with Crippen molar-refractivity contribution in [2.24, 2.45) is 0 Å². The van der Waals surface area contributed by atoms with Crippen molar-refractivity contribution in [1.29, 1.82) is 0 Å². The Morgan fingerprint density at radius 1 is 1.04 bits per heavy atom. The fourth-order valence-electron chi connectivity index (χ4n) is 3.07. The lowest BCUT2D eigenvalue weighted by molar-refractivity contribution is -0.113. The summed E-state index contributed by atoms with van der Waals surface area (Å²) in [5.41, 5.74) is 2.01. The molecule has 0 atom stereocenters. The van der Waals surface area contributed by atoms with E-state index in [9.17, 15) is 9.59 Å². The molecule has 0 N–H and O–H groups in total. The van der Waals surface area contributed by atoms with E-state index in [2.05, 4.69) is 0 Å². The molecule has 28 heavy (non-hydrogen) atoms. The predicted molar refractivity (Wildman–Crippen MR) is 117 cm³/mol. The number of benzene rings is 3. The zero-order chi connectivity index (χ0) is 19.7. The van der Waals surface area contributed by atoms with Crippen LogP contribution < -0.4 is 4.90 Å². The number of esters is 1. The molecule has 1 amide bonds. The van der Waals surface area contributed by atoms with E-state index in [1.54, 1.807) is 24.3 Å². The van der Waals surface area contributed by atoms with Crippen LogP contribution in [0, 0.1) is 0 Å². The summed E-state index contributed by atoms with van der Waals surface area (Å²) in [6.07, 6.45) is 1.88. The van der Waals surface area contributed by atoms with E-state index in [-0.39, 0.29) is 5.91 Å². The minimum atomic E-state index is -0.423. The molecule has 1 aliphatic rings. The van der Waals surface area contributed by atoms with Crippen molar-refractivity contribution in [3.8, 4) is 0 Å². The third-order valence-electron chi connectivity index (χ3n) is 4.45. The molecule has 0 spiro atoms. The second-order valence-electron chi connectivity index (χ2n) is 6.12. The van der Waals surface area contributed by atoms with Gasteiger partial charge in [0.1, 0.15) is 0 Å². The van der Waals surface area contributed by atoms with Gasteiger partial charge in [-0.15, -0.1) is 0 Å². The number of nitrogens with zero attached hydrogens (tertiary/aromatic N) is 1. The van der Waals surface area contributed by atoms with Gasteiger partial charge in [0, 0.05) is 0 Å². The van der Waals surface area contributed by atoms with E-state index in [1.165, 1.54) is 23.8 Å². The second-order valence-corrected chi connectivity index (χ2v) is 7.80. The lowest BCUT2D eigenvalue weighted by atomic mass is 10.0. The van der Waals surface area contributed by atoms with Gasteiger partial charge < -0.3 is 4.74 Å². The molecule has 0 bridgehead atoms. The third-order valence-corrected chi connectivity index (χ3v) is 5.75. The van der Waals surface area contributed by atoms with Gasteiger partial charge in [0.15, 0.2) is 4.32 Å². The quantitative estimate of drug-likeness (QED) is 0.347. The zero-order valence-corrected chi connectivity index (χ0v) is 16.5. The van der Waals surface area contributed by atoms with Crippen molar-refractivity contribution in [2.45, 2.75) is 0 Å². The molecule has 0 saturated carbocycles. The molecule has 0 aliphatic carbocycles. The summed E-state index contributed by atoms with van der Waals surface area (Å²) in [6.45, 7) is 0. The molecule has 1 heterocycles. The van der Waals surface area contributed by atoms with Gasteiger partial charge >= 0.3 is 5.97 Å². The maximum Gasteiger partial charge on any atom is 0.337 e. The molecular weight excluding hydrogens is 390 g/mol. The van der Waals surface area contributed by atoms with E-state index in [0.29, 0.717) is 20.5 Å². The number of hydrogen-bond acceptors (Lipinski definition) is 5. The summed E-state index contributed by atoms with van der Waals surface area (Å²) in [5, 5.41) is 2.20. The van der Waals surface area contributed by atoms with Gasteiger partial charge in [-0.2, -0.15) is 0 Å². The van der Waals surface area contributed by atoms with E-state index in [4.69, 9.17) is 17.0 Å². The highest BCUT2D eigenvalue weighted by molar-refractivity contribution is 8.27. The Kier molecular flexibility index (Phi) is 4.98. The number of hydrogen-bond donors (Lipinski definition) is 0. The summed E-state index contributed by atoms with van der Waals surface area (Å²) < 4.78 is 5.16. The van der Waals surface area contributed by atoms with Crippen molar-refractivity contribution in [1.82, 2.24) is 0 Å². The number of methoxy groups -OCH3 is 1. The lowest BCUT2D eigenvalue weighted by Crippen LogP contribution is -2.27. The first-order valence-corrected chi connectivity index (χ1v) is 9.75. The highest BCUT2D eigenvalue weighted by Gasteiger charge is 2.33. The smallest absolute Gasteiger partial charge is 0.337 e. The second kappa shape index (κ2) is 7.58. The van der Waals surface area contributed by atoms with Crippen LogP contribution in [-0.4, -0.2) is 23.3 Å². The van der Waals surface area contributed by atoms with Gasteiger partial charge in [-0.05, 0) is 46.7 Å². The first-order chi connectivity index (χ1) is 13.6. The monoisotopic (exact) mass is 405 g/mol. The number of thiocarbonyl (C=S) groups is 1. The van der Waals surface area contributed by atoms with E-state index >= 15 is 0 Å². The number of amides is 1. The van der Waals surface area contributed by atoms with Crippen molar-refractivity contribution in [3.05, 3.63) is 82.8 Å². The summed E-state index contributed by atoms with van der Waals surface area (Å²) in [6, 6.07) is 20.7. The van der Waals surface area contributed by atoms with Crippen molar-refractivity contribution in [2.75, 3.05) is 12.0 Å². The summed E-state index contributed by atoms with van der Waals surface area (Å²) in [4.78, 5) is 26.6. The van der Waals surface area contributed by atoms with Gasteiger partial charge in [0.2, 0.25) is 0 Å². The molecule has 1 saturated heterocycles. The molecule has 0 unspecified atom stereocenters. The summed E-state index contributed by atoms with van der Waals surface area (Å²) in [7, 11) is 1.33. The molecule has 0 aromatic heterocycles. The molecule has 4 nitrogen and oxygen atoms in total. The van der Waals surface area contributed by atoms with Crippen LogP contribution in [-0.2, 0) is 9.53 Å². The normalized spacial score (nSPS) is 15.5. The fraction of sp³-hybridized carbons (Fsp3) is 0.0455. The van der Waals surface area contributed by atoms with E-state index in [1.807, 2.05) is 48.5 Å². The van der Waals surface area contributed by atoms with Crippen LogP contribution in [0.1, 0.15) is 15.9 Å². The molecule has 6 heteroatoms. The molecule has 3 aromatic rings. The molecule has 3 aromatic carbocycles. The highest BCUT2D eigenvalue weighted by Crippen LogP contribution is 2.36. The molecule has 138 valence electrons. The molecule has 1 fully saturated rings. The van der Waals surface area contributed by atoms with Crippen LogP contribution in [0.3, 0.4) is 0 Å². The number of rotatable bonds is 3. The van der Waals surface area contributed by atoms with E-state index < -0.39 is 5.97 Å². The number of carbonyl (C=O) groups is 2. The van der Waals surface area contributed by atoms with Gasteiger partial charge in [-0.25, -0.2) is 4.79 Å². The Labute approximate surface area is 171 Å². The van der Waals surface area contributed by atoms with E-state index in [0.717, 1.165) is 16.3 Å². The predicted octanol–water partition coefficient (Wildman–Crippen LogP) is 5.03. The number of carbonyl (C=O) groups excluding carboxylic acids is 2. The van der Waals surface area contributed by atoms with Gasteiger partial charge in [-0.3, -0.25) is 9.69 Å². The largest absolute Gasteiger partial charge is 0.465 e. The average molecular weight is 406 g/mol. The van der Waals surface area contributed by atoms with Crippen LogP contribution in [0.5, 0.6) is 0 Å². The summed E-state index contributed by atoms with van der Waals surface area (Å²) >= 11 is 6.70. The first kappa shape index (κ1) is 18.4. The first-order valence-electron chi connectivity index (χ1n) is 8.52. The van der Waals surface area contributed by atoms with Gasteiger partial charge in [0.05, 0.1) is 23.3 Å². The third kappa shape index (κ3) is 3.32. The highest BCUT2D eigenvalue weighted by atomic mass is 32.2. The number of fused-ring (bicyclic) bond motifs is 1. The van der Waals surface area contributed by atoms with Crippen LogP contribution in [0.4, 0.5) is 5.69 Å². The Morgan fingerprint density at radius 3 is 2.50 bits per heavy atom. The maximum absolute atomic E-state index is 13.0. The maximum atomic E-state index is 13.0. The van der Waals surface area contributed by atoms with Crippen LogP contribution in [0.15, 0.2) is 71.6 Å². The van der Waals surface area contributed by atoms with Crippen molar-refractivity contribution in [3.63, 3.8) is 0 Å². The van der Waals surface area contributed by atoms with Crippen LogP contribution >= 0.6 is 24.0 Å². The molecule has 4 rings (SSSR count). The van der Waals surface area contributed by atoms with Crippen molar-refractivity contribution >= 4 is 62.7 Å². The summed E-state index contributed by atoms with van der Waals surface area (Å²) in [5.74, 6) is -0.596. The molecule has 0 radical (unpaired) electrons. The Hall–Kier alpha value is -2.96. The zero-order valence-electron chi connectivity index (χ0n) is 14.9. The molecule has 1 aliphatic heterocycles. The number of thioether (sulfide) groups is 1. The van der Waals surface area contributed by atoms with Gasteiger partial charge in [0.25, 0.3) is 5.91 Å². The minimum absolute atomic E-state index is 0.172. The Morgan fingerprint density at radius 2 is 1.75 bits per heavy atom. The van der Waals surface area contributed by atoms with Gasteiger partial charge in [-0.1, -0.05) is 66.4 Å². The average Bonchev–Trinajstić information content (AvgIpc) is 3.01. The minimum Gasteiger partial charge on any atom is -0.465 e. The van der Waals surface area contributed by atoms with Crippen LogP contribution in [0.25, 0.3) is 16.8 Å². The Bertz CT molecular complexity index is 1130. The number of ether oxygens (including phenoxy) is 1. The Balaban J connectivity index is 1.67. The standard InChI is InChI=1S/C22H15NO3S2/c1-26-21(25)15-9-11-17(12-10-15)23-20(24)19(28-22(23)27)13-16-7-4-6-14-5-2-3-8-18(14)16/h2-13H,1H3/b19-13-. The van der Waals surface area contributed by atoms with Crippen LogP contribution in [0.2, 0.25) is 0 Å².